The van der Waals surface area contributed by atoms with Crippen molar-refractivity contribution in [3.05, 3.63) is 88.0 Å². The van der Waals surface area contributed by atoms with E-state index in [9.17, 15) is 18.8 Å². The molecule has 1 atom stereocenters. The first-order valence-corrected chi connectivity index (χ1v) is 10.1. The Morgan fingerprint density at radius 2 is 1.97 bits per heavy atom. The lowest BCUT2D eigenvalue weighted by molar-refractivity contribution is -0.126. The van der Waals surface area contributed by atoms with E-state index < -0.39 is 28.6 Å². The van der Waals surface area contributed by atoms with Crippen LogP contribution in [0.5, 0.6) is 0 Å². The highest BCUT2D eigenvalue weighted by atomic mass is 19.1. The number of carbonyl (C=O) groups is 2. The van der Waals surface area contributed by atoms with Crippen LogP contribution < -0.4 is 10.3 Å². The Balaban J connectivity index is 1.91. The zero-order valence-electron chi connectivity index (χ0n) is 17.3. The Morgan fingerprint density at radius 3 is 2.72 bits per heavy atom. The molecule has 3 heterocycles. The number of para-hydroxylation sites is 1. The molecule has 0 saturated carbocycles. The Labute approximate surface area is 182 Å². The largest absolute Gasteiger partial charge is 0.450 e. The maximum Gasteiger partial charge on any atom is 0.291 e. The summed E-state index contributed by atoms with van der Waals surface area (Å²) in [5, 5.41) is -0.0306. The number of benzene rings is 2. The van der Waals surface area contributed by atoms with Crippen LogP contribution in [0, 0.1) is 5.82 Å². The monoisotopic (exact) mass is 434 g/mol. The van der Waals surface area contributed by atoms with Crippen LogP contribution in [-0.4, -0.2) is 43.5 Å². The minimum atomic E-state index is -1.73. The fourth-order valence-electron chi connectivity index (χ4n) is 4.76. The van der Waals surface area contributed by atoms with Crippen molar-refractivity contribution >= 4 is 28.5 Å². The van der Waals surface area contributed by atoms with Crippen LogP contribution in [0.2, 0.25) is 0 Å². The van der Waals surface area contributed by atoms with Crippen LogP contribution in [-0.2, 0) is 15.1 Å². The van der Waals surface area contributed by atoms with Crippen LogP contribution in [0.4, 0.5) is 10.1 Å². The molecule has 2 aliphatic heterocycles. The fourth-order valence-corrected chi connectivity index (χ4v) is 4.76. The number of anilines is 1. The van der Waals surface area contributed by atoms with Crippen LogP contribution in [0.1, 0.15) is 21.7 Å². The number of methoxy groups -OCH3 is 1. The summed E-state index contributed by atoms with van der Waals surface area (Å²) < 4.78 is 25.0. The van der Waals surface area contributed by atoms with Crippen molar-refractivity contribution in [1.29, 1.82) is 0 Å². The molecule has 1 spiro atoms. The SMILES string of the molecule is C=CCN1C(=O)[C@]2(c3ccccc31)c1c(oc3ccc(F)cc3c1=O)C(=O)N2CCOC. The molecule has 32 heavy (non-hydrogen) atoms. The van der Waals surface area contributed by atoms with Crippen LogP contribution in [0.15, 0.2) is 64.3 Å². The first-order chi connectivity index (χ1) is 15.5. The number of rotatable bonds is 5. The molecule has 0 N–H and O–H groups in total. The number of fused-ring (bicyclic) bond motifs is 5. The Morgan fingerprint density at radius 1 is 1.19 bits per heavy atom. The average Bonchev–Trinajstić information content (AvgIpc) is 3.18. The Bertz CT molecular complexity index is 1360. The maximum atomic E-state index is 14.0. The Kier molecular flexibility index (Phi) is 4.49. The van der Waals surface area contributed by atoms with E-state index in [1.54, 1.807) is 30.3 Å². The molecule has 3 aromatic rings. The van der Waals surface area contributed by atoms with E-state index in [0.717, 1.165) is 12.1 Å². The van der Waals surface area contributed by atoms with E-state index in [1.165, 1.54) is 23.0 Å². The molecule has 7 nitrogen and oxygen atoms in total. The van der Waals surface area contributed by atoms with Gasteiger partial charge in [0.2, 0.25) is 5.76 Å². The van der Waals surface area contributed by atoms with Crippen LogP contribution >= 0.6 is 0 Å². The molecule has 0 fully saturated rings. The number of hydrogen-bond acceptors (Lipinski definition) is 5. The molecule has 2 aliphatic rings. The smallest absolute Gasteiger partial charge is 0.291 e. The van der Waals surface area contributed by atoms with Crippen molar-refractivity contribution in [2.45, 2.75) is 5.54 Å². The van der Waals surface area contributed by atoms with Crippen molar-refractivity contribution in [3.63, 3.8) is 0 Å². The standard InChI is InChI=1S/C24H19FN2O5/c1-3-10-26-17-7-5-4-6-16(17)24(23(26)30)19-20(28)15-13-14(25)8-9-18(15)32-21(19)22(29)27(24)11-12-31-2/h3-9,13H,1,10-12H2,2H3/t24-/m0/s1. The van der Waals surface area contributed by atoms with Gasteiger partial charge in [0.25, 0.3) is 11.8 Å². The normalized spacial score (nSPS) is 19.2. The van der Waals surface area contributed by atoms with Gasteiger partial charge in [0.15, 0.2) is 11.0 Å². The minimum absolute atomic E-state index is 0.0306. The van der Waals surface area contributed by atoms with Crippen LogP contribution in [0.3, 0.4) is 0 Å². The summed E-state index contributed by atoms with van der Waals surface area (Å²) in [6.45, 7) is 4.10. The van der Waals surface area contributed by atoms with Crippen molar-refractivity contribution in [3.8, 4) is 0 Å². The quantitative estimate of drug-likeness (QED) is 0.577. The highest BCUT2D eigenvalue weighted by Gasteiger charge is 2.64. The van der Waals surface area contributed by atoms with Crippen molar-refractivity contribution < 1.29 is 23.1 Å². The summed E-state index contributed by atoms with van der Waals surface area (Å²) in [7, 11) is 1.48. The van der Waals surface area contributed by atoms with Crippen molar-refractivity contribution in [2.24, 2.45) is 0 Å². The topological polar surface area (TPSA) is 80.1 Å². The minimum Gasteiger partial charge on any atom is -0.450 e. The zero-order valence-corrected chi connectivity index (χ0v) is 17.3. The van der Waals surface area contributed by atoms with Gasteiger partial charge < -0.3 is 19.0 Å². The molecule has 0 radical (unpaired) electrons. The van der Waals surface area contributed by atoms with E-state index in [2.05, 4.69) is 6.58 Å². The predicted molar refractivity (Wildman–Crippen MR) is 115 cm³/mol. The molecular weight excluding hydrogens is 415 g/mol. The zero-order chi connectivity index (χ0) is 22.6. The molecule has 2 amide bonds. The second-order valence-electron chi connectivity index (χ2n) is 7.66. The van der Waals surface area contributed by atoms with Gasteiger partial charge in [-0.2, -0.15) is 0 Å². The predicted octanol–water partition coefficient (Wildman–Crippen LogP) is 2.81. The van der Waals surface area contributed by atoms with Gasteiger partial charge in [-0.25, -0.2) is 4.39 Å². The van der Waals surface area contributed by atoms with Crippen molar-refractivity contribution in [2.75, 3.05) is 31.7 Å². The first kappa shape index (κ1) is 20.1. The molecule has 5 rings (SSSR count). The molecule has 1 aromatic heterocycles. The summed E-state index contributed by atoms with van der Waals surface area (Å²) in [6, 6.07) is 10.5. The lowest BCUT2D eigenvalue weighted by Crippen LogP contribution is -2.54. The van der Waals surface area contributed by atoms with Gasteiger partial charge in [-0.3, -0.25) is 14.4 Å². The molecule has 162 valence electrons. The first-order valence-electron chi connectivity index (χ1n) is 10.1. The van der Waals surface area contributed by atoms with Gasteiger partial charge in [0.05, 0.1) is 23.2 Å². The maximum absolute atomic E-state index is 14.0. The average molecular weight is 434 g/mol. The summed E-state index contributed by atoms with van der Waals surface area (Å²) in [5.74, 6) is -1.89. The molecule has 0 saturated heterocycles. The summed E-state index contributed by atoms with van der Waals surface area (Å²) >= 11 is 0. The van der Waals surface area contributed by atoms with Gasteiger partial charge in [0.1, 0.15) is 11.4 Å². The van der Waals surface area contributed by atoms with E-state index in [0.29, 0.717) is 11.3 Å². The van der Waals surface area contributed by atoms with E-state index in [1.807, 2.05) is 0 Å². The number of hydrogen-bond donors (Lipinski definition) is 0. The third kappa shape index (κ3) is 2.41. The summed E-state index contributed by atoms with van der Waals surface area (Å²) in [4.78, 5) is 44.0. The molecule has 0 unspecified atom stereocenters. The van der Waals surface area contributed by atoms with E-state index in [4.69, 9.17) is 9.15 Å². The number of amides is 2. The molecule has 8 heteroatoms. The van der Waals surface area contributed by atoms with E-state index >= 15 is 0 Å². The summed E-state index contributed by atoms with van der Waals surface area (Å²) in [5.41, 5.74) is -1.31. The lowest BCUT2D eigenvalue weighted by Gasteiger charge is -2.34. The molecule has 0 aliphatic carbocycles. The highest BCUT2D eigenvalue weighted by molar-refractivity contribution is 6.17. The lowest BCUT2D eigenvalue weighted by atomic mass is 9.84. The van der Waals surface area contributed by atoms with Gasteiger partial charge in [-0.15, -0.1) is 6.58 Å². The highest BCUT2D eigenvalue weighted by Crippen LogP contribution is 2.52. The molecule has 2 aromatic carbocycles. The van der Waals surface area contributed by atoms with Crippen LogP contribution in [0.25, 0.3) is 11.0 Å². The van der Waals surface area contributed by atoms with Gasteiger partial charge in [-0.1, -0.05) is 24.3 Å². The van der Waals surface area contributed by atoms with Crippen molar-refractivity contribution in [1.82, 2.24) is 4.90 Å². The van der Waals surface area contributed by atoms with Gasteiger partial charge in [-0.05, 0) is 24.3 Å². The van der Waals surface area contributed by atoms with Gasteiger partial charge >= 0.3 is 0 Å². The number of ether oxygens (including phenoxy) is 1. The second-order valence-corrected chi connectivity index (χ2v) is 7.66. The third-order valence-electron chi connectivity index (χ3n) is 6.03. The molecular formula is C24H19FN2O5. The molecule has 0 bridgehead atoms. The van der Waals surface area contributed by atoms with E-state index in [-0.39, 0.29) is 42.0 Å². The number of halogens is 1. The fraction of sp³-hybridized carbons (Fsp3) is 0.208. The number of carbonyl (C=O) groups excluding carboxylic acids is 2. The summed E-state index contributed by atoms with van der Waals surface area (Å²) in [6.07, 6.45) is 1.57. The number of nitrogens with zero attached hydrogens (tertiary/aromatic N) is 2. The third-order valence-corrected chi connectivity index (χ3v) is 6.03. The van der Waals surface area contributed by atoms with Gasteiger partial charge in [0, 0.05) is 25.8 Å². The Hall–Kier alpha value is -3.78. The second kappa shape index (κ2) is 7.13.